The van der Waals surface area contributed by atoms with Gasteiger partial charge in [-0.25, -0.2) is 14.4 Å². The Hall–Kier alpha value is -4.12. The highest BCUT2D eigenvalue weighted by Crippen LogP contribution is 2.51. The number of nitrogens with one attached hydrogen (secondary N) is 3. The zero-order chi connectivity index (χ0) is 30.2. The average Bonchev–Trinajstić information content (AvgIpc) is 2.88. The third kappa shape index (κ3) is 9.78. The first kappa shape index (κ1) is 31.4. The minimum absolute atomic E-state index is 0.0811. The number of benzene rings is 3. The monoisotopic (exact) mass is 641 g/mol. The molecule has 0 spiro atoms. The minimum Gasteiger partial charge on any atom is -0.573 e. The zero-order valence-corrected chi connectivity index (χ0v) is 23.6. The summed E-state index contributed by atoms with van der Waals surface area (Å²) in [6.45, 7) is 0. The largest absolute Gasteiger partial charge is 0.654 e. The Morgan fingerprint density at radius 1 is 0.512 bits per heavy atom. The van der Waals surface area contributed by atoms with E-state index in [9.17, 15) is 47.3 Å². The first-order chi connectivity index (χ1) is 19.3. The van der Waals surface area contributed by atoms with Gasteiger partial charge >= 0.3 is 50.3 Å². The maximum absolute atomic E-state index is 13.4. The highest BCUT2D eigenvalue weighted by atomic mass is 31.2. The molecule has 3 N–H and O–H groups in total. The molecule has 3 unspecified atom stereocenters. The van der Waals surface area contributed by atoms with Gasteiger partial charge in [-0.15, -0.1) is 0 Å². The fraction of sp³-hybridized carbons (Fsp3) is 0. The SMILES string of the molecule is O=C(OP(=O)(OC(=O)c1ccc(N[P+](=O)[O-])cc1)OC(=O)c1ccc(N[P+](=O)[O-])cc1)c1ccc(N[P+](=O)[O-])cc1. The van der Waals surface area contributed by atoms with Crippen LogP contribution in [0.2, 0.25) is 0 Å². The summed E-state index contributed by atoms with van der Waals surface area (Å²) in [7, 11) is -14.4. The fourth-order valence-corrected chi connectivity index (χ4v) is 4.99. The van der Waals surface area contributed by atoms with E-state index in [0.29, 0.717) is 0 Å². The quantitative estimate of drug-likeness (QED) is 0.240. The van der Waals surface area contributed by atoms with Gasteiger partial charge in [0.05, 0.1) is 33.8 Å². The van der Waals surface area contributed by atoms with Crippen LogP contribution in [0.15, 0.2) is 72.8 Å². The van der Waals surface area contributed by atoms with Gasteiger partial charge in [-0.2, -0.15) is 19.8 Å². The Balaban J connectivity index is 1.84. The molecular formula is C21H15N3O13P4. The van der Waals surface area contributed by atoms with Gasteiger partial charge in [0, 0.05) is 0 Å². The van der Waals surface area contributed by atoms with Gasteiger partial charge in [-0.3, -0.25) is 0 Å². The lowest BCUT2D eigenvalue weighted by Crippen LogP contribution is -2.15. The van der Waals surface area contributed by atoms with Crippen LogP contribution in [0.25, 0.3) is 0 Å². The minimum atomic E-state index is -5.37. The molecule has 20 heteroatoms. The summed E-state index contributed by atoms with van der Waals surface area (Å²) in [5, 5.41) is 6.20. The summed E-state index contributed by atoms with van der Waals surface area (Å²) in [5.74, 6) is -4.15. The third-order valence-corrected chi connectivity index (χ3v) is 7.10. The maximum atomic E-state index is 13.4. The molecule has 16 nitrogen and oxygen atoms in total. The van der Waals surface area contributed by atoms with Crippen molar-refractivity contribution in [1.82, 2.24) is 0 Å². The van der Waals surface area contributed by atoms with Crippen molar-refractivity contribution in [2.24, 2.45) is 0 Å². The van der Waals surface area contributed by atoms with Crippen LogP contribution in [0.1, 0.15) is 31.1 Å². The van der Waals surface area contributed by atoms with Gasteiger partial charge < -0.3 is 28.3 Å². The van der Waals surface area contributed by atoms with E-state index >= 15 is 0 Å². The van der Waals surface area contributed by atoms with Crippen molar-refractivity contribution in [3.05, 3.63) is 89.5 Å². The van der Waals surface area contributed by atoms with Gasteiger partial charge in [-0.05, 0) is 86.5 Å². The molecule has 0 fully saturated rings. The lowest BCUT2D eigenvalue weighted by molar-refractivity contribution is -0.163. The molecule has 0 heterocycles. The molecule has 41 heavy (non-hydrogen) atoms. The molecule has 0 aliphatic heterocycles. The Morgan fingerprint density at radius 3 is 0.927 bits per heavy atom. The lowest BCUT2D eigenvalue weighted by atomic mass is 10.2. The van der Waals surface area contributed by atoms with E-state index in [1.165, 1.54) is 36.4 Å². The standard InChI is InChI=1S/C21H15N3O13P4/c25-19(13-1-7-16(8-2-13)22-38(28)29)35-41(34,36-20(26)14-3-9-17(10-4-14)23-39(30)31)37-21(27)15-5-11-18(12-6-15)24-40(32)33/h1-12H,(H,22,28,29)(H,23,30,31)(H,24,32,33). The molecule has 0 radical (unpaired) electrons. The molecule has 3 aromatic rings. The summed E-state index contributed by atoms with van der Waals surface area (Å²) >= 11 is 0. The molecule has 3 rings (SSSR count). The Labute approximate surface area is 233 Å². The van der Waals surface area contributed by atoms with E-state index in [0.717, 1.165) is 36.4 Å². The highest BCUT2D eigenvalue weighted by molar-refractivity contribution is 7.50. The number of phosphoric acid groups is 1. The van der Waals surface area contributed by atoms with Gasteiger partial charge in [0.2, 0.25) is 0 Å². The van der Waals surface area contributed by atoms with Crippen molar-refractivity contribution in [1.29, 1.82) is 0 Å². The van der Waals surface area contributed by atoms with E-state index in [1.807, 2.05) is 0 Å². The zero-order valence-electron chi connectivity index (χ0n) is 20.0. The second-order valence-corrected chi connectivity index (χ2v) is 11.1. The van der Waals surface area contributed by atoms with Gasteiger partial charge in [0.1, 0.15) is 0 Å². The summed E-state index contributed by atoms with van der Waals surface area (Å²) in [5.41, 5.74) is -0.650. The highest BCUT2D eigenvalue weighted by Gasteiger charge is 2.40. The molecule has 0 amide bonds. The van der Waals surface area contributed by atoms with Crippen LogP contribution in [-0.4, -0.2) is 17.9 Å². The summed E-state index contributed by atoms with van der Waals surface area (Å²) < 4.78 is 60.1. The number of phosphoric ester groups is 1. The van der Waals surface area contributed by atoms with Crippen LogP contribution in [0, 0.1) is 0 Å². The van der Waals surface area contributed by atoms with E-state index < -0.39 is 50.3 Å². The number of anilines is 3. The Morgan fingerprint density at radius 2 is 0.732 bits per heavy atom. The number of rotatable bonds is 12. The predicted molar refractivity (Wildman–Crippen MR) is 137 cm³/mol. The van der Waals surface area contributed by atoms with Crippen LogP contribution >= 0.6 is 32.4 Å². The molecule has 0 aliphatic carbocycles. The second kappa shape index (κ2) is 14.0. The van der Waals surface area contributed by atoms with Crippen LogP contribution < -0.4 is 29.9 Å². The lowest BCUT2D eigenvalue weighted by Gasteiger charge is -2.17. The molecule has 3 atom stereocenters. The van der Waals surface area contributed by atoms with Crippen molar-refractivity contribution >= 4 is 67.3 Å². The normalized spacial score (nSPS) is 13.0. The molecule has 0 aliphatic rings. The summed E-state index contributed by atoms with van der Waals surface area (Å²) in [6.07, 6.45) is 0. The molecule has 212 valence electrons. The molecule has 0 aromatic heterocycles. The predicted octanol–water partition coefficient (Wildman–Crippen LogP) is 2.95. The molecule has 3 aromatic carbocycles. The van der Waals surface area contributed by atoms with Crippen LogP contribution in [0.3, 0.4) is 0 Å². The first-order valence-electron chi connectivity index (χ1n) is 10.7. The third-order valence-electron chi connectivity index (χ3n) is 4.61. The van der Waals surface area contributed by atoms with Crippen molar-refractivity contribution in [2.45, 2.75) is 0 Å². The fourth-order valence-electron chi connectivity index (χ4n) is 2.88. The van der Waals surface area contributed by atoms with E-state index in [1.54, 1.807) is 0 Å². The number of carbonyl (C=O) groups excluding carboxylic acids is 3. The Kier molecular flexibility index (Phi) is 10.7. The van der Waals surface area contributed by atoms with Crippen molar-refractivity contribution < 1.29 is 60.9 Å². The topological polar surface area (TPSA) is 252 Å². The van der Waals surface area contributed by atoms with Crippen LogP contribution in [-0.2, 0) is 31.8 Å². The number of hydrogen-bond donors (Lipinski definition) is 3. The summed E-state index contributed by atoms with van der Waals surface area (Å²) in [6, 6.07) is 13.5. The van der Waals surface area contributed by atoms with E-state index in [2.05, 4.69) is 15.3 Å². The van der Waals surface area contributed by atoms with Gasteiger partial charge in [0.25, 0.3) is 0 Å². The van der Waals surface area contributed by atoms with Crippen molar-refractivity contribution in [3.63, 3.8) is 0 Å². The van der Waals surface area contributed by atoms with E-state index in [-0.39, 0.29) is 33.8 Å². The van der Waals surface area contributed by atoms with E-state index in [4.69, 9.17) is 13.6 Å². The first-order valence-corrected chi connectivity index (χ1v) is 15.7. The van der Waals surface area contributed by atoms with Gasteiger partial charge in [-0.1, -0.05) is 0 Å². The average molecular weight is 641 g/mol. The number of hydrogen-bond acceptors (Lipinski definition) is 13. The summed E-state index contributed by atoms with van der Waals surface area (Å²) in [4.78, 5) is 70.4. The molecular weight excluding hydrogens is 626 g/mol. The van der Waals surface area contributed by atoms with Crippen LogP contribution in [0.5, 0.6) is 0 Å². The smallest absolute Gasteiger partial charge is 0.573 e. The van der Waals surface area contributed by atoms with Crippen molar-refractivity contribution in [3.8, 4) is 0 Å². The maximum Gasteiger partial charge on any atom is 0.654 e. The van der Waals surface area contributed by atoms with Crippen LogP contribution in [0.4, 0.5) is 17.1 Å². The van der Waals surface area contributed by atoms with Crippen molar-refractivity contribution in [2.75, 3.05) is 15.3 Å². The molecule has 0 saturated heterocycles. The number of carbonyl (C=O) groups is 3. The molecule has 0 bridgehead atoms. The Bertz CT molecular complexity index is 1360. The van der Waals surface area contributed by atoms with Gasteiger partial charge in [0.15, 0.2) is 0 Å². The second-order valence-electron chi connectivity index (χ2n) is 7.42. The molecule has 0 saturated carbocycles.